The molecule has 1 amide bonds. The van der Waals surface area contributed by atoms with Crippen molar-refractivity contribution in [2.45, 2.75) is 6.10 Å². The topological polar surface area (TPSA) is 107 Å². The summed E-state index contributed by atoms with van der Waals surface area (Å²) in [6.45, 7) is 1.36. The molecule has 0 fully saturated rings. The molecule has 25 heavy (non-hydrogen) atoms. The minimum atomic E-state index is -0.677. The Bertz CT molecular complexity index is 682. The number of pyridine rings is 1. The van der Waals surface area contributed by atoms with Crippen molar-refractivity contribution in [3.05, 3.63) is 53.2 Å². The molecule has 0 aliphatic carbocycles. The van der Waals surface area contributed by atoms with Crippen LogP contribution < -0.4 is 20.5 Å². The van der Waals surface area contributed by atoms with Gasteiger partial charge in [0.15, 0.2) is 0 Å². The van der Waals surface area contributed by atoms with E-state index in [1.807, 2.05) is 12.1 Å². The fraction of sp³-hybridized carbons (Fsp3) is 0.294. The van der Waals surface area contributed by atoms with Crippen molar-refractivity contribution in [1.29, 1.82) is 0 Å². The van der Waals surface area contributed by atoms with Crippen LogP contribution in [0.4, 0.5) is 0 Å². The highest BCUT2D eigenvalue weighted by Gasteiger charge is 2.07. The van der Waals surface area contributed by atoms with Gasteiger partial charge in [0.1, 0.15) is 25.1 Å². The minimum absolute atomic E-state index is 0.133. The SMILES string of the molecule is NC(=O)c1ccc(OCCNCC(O)COc2ccccc2Cl)nc1. The van der Waals surface area contributed by atoms with Crippen LogP contribution in [0.25, 0.3) is 0 Å². The second-order valence-electron chi connectivity index (χ2n) is 5.20. The second kappa shape index (κ2) is 9.83. The van der Waals surface area contributed by atoms with Crippen LogP contribution in [0.3, 0.4) is 0 Å². The van der Waals surface area contributed by atoms with E-state index >= 15 is 0 Å². The first kappa shape index (κ1) is 19.0. The van der Waals surface area contributed by atoms with Gasteiger partial charge in [0.2, 0.25) is 11.8 Å². The standard InChI is InChI=1S/C17H20ClN3O4/c18-14-3-1-2-4-15(14)25-11-13(22)10-20-7-8-24-16-6-5-12(9-21-16)17(19)23/h1-6,9,13,20,22H,7-8,10-11H2,(H2,19,23). The summed E-state index contributed by atoms with van der Waals surface area (Å²) in [7, 11) is 0. The van der Waals surface area contributed by atoms with Gasteiger partial charge in [-0.05, 0) is 18.2 Å². The fourth-order valence-corrected chi connectivity index (χ4v) is 2.10. The molecule has 1 heterocycles. The molecule has 1 unspecified atom stereocenters. The summed E-state index contributed by atoms with van der Waals surface area (Å²) in [5.74, 6) is 0.403. The zero-order valence-corrected chi connectivity index (χ0v) is 14.3. The maximum absolute atomic E-state index is 10.9. The van der Waals surface area contributed by atoms with Crippen LogP contribution in [-0.2, 0) is 0 Å². The van der Waals surface area contributed by atoms with Gasteiger partial charge in [-0.15, -0.1) is 0 Å². The van der Waals surface area contributed by atoms with E-state index in [1.165, 1.54) is 6.20 Å². The Balaban J connectivity index is 1.59. The van der Waals surface area contributed by atoms with E-state index in [0.29, 0.717) is 41.9 Å². The van der Waals surface area contributed by atoms with Crippen molar-refractivity contribution in [2.24, 2.45) is 5.73 Å². The minimum Gasteiger partial charge on any atom is -0.489 e. The molecule has 1 atom stereocenters. The molecule has 0 radical (unpaired) electrons. The van der Waals surface area contributed by atoms with Crippen LogP contribution in [0, 0.1) is 0 Å². The van der Waals surface area contributed by atoms with Crippen LogP contribution in [0.15, 0.2) is 42.6 Å². The lowest BCUT2D eigenvalue weighted by Gasteiger charge is -2.14. The highest BCUT2D eigenvalue weighted by Crippen LogP contribution is 2.22. The number of para-hydroxylation sites is 1. The Morgan fingerprint density at radius 2 is 2.08 bits per heavy atom. The normalized spacial score (nSPS) is 11.8. The van der Waals surface area contributed by atoms with E-state index in [4.69, 9.17) is 26.8 Å². The molecule has 134 valence electrons. The number of nitrogens with two attached hydrogens (primary N) is 1. The number of rotatable bonds is 10. The predicted octanol–water partition coefficient (Wildman–Crippen LogP) is 1.24. The number of amides is 1. The van der Waals surface area contributed by atoms with Gasteiger partial charge in [0.05, 0.1) is 10.6 Å². The highest BCUT2D eigenvalue weighted by molar-refractivity contribution is 6.32. The predicted molar refractivity (Wildman–Crippen MR) is 94.1 cm³/mol. The van der Waals surface area contributed by atoms with Gasteiger partial charge in [-0.25, -0.2) is 4.98 Å². The number of ether oxygens (including phenoxy) is 2. The largest absolute Gasteiger partial charge is 0.489 e. The first-order chi connectivity index (χ1) is 12.1. The fourth-order valence-electron chi connectivity index (χ4n) is 1.91. The smallest absolute Gasteiger partial charge is 0.250 e. The van der Waals surface area contributed by atoms with E-state index < -0.39 is 12.0 Å². The number of aliphatic hydroxyl groups is 1. The number of carbonyl (C=O) groups is 1. The van der Waals surface area contributed by atoms with Crippen LogP contribution in [0.2, 0.25) is 5.02 Å². The van der Waals surface area contributed by atoms with E-state index in [1.54, 1.807) is 24.3 Å². The number of primary amides is 1. The van der Waals surface area contributed by atoms with Crippen molar-refractivity contribution in [2.75, 3.05) is 26.3 Å². The third-order valence-electron chi connectivity index (χ3n) is 3.20. The first-order valence-electron chi connectivity index (χ1n) is 7.71. The van der Waals surface area contributed by atoms with Gasteiger partial charge in [-0.1, -0.05) is 23.7 Å². The lowest BCUT2D eigenvalue weighted by Crippen LogP contribution is -2.33. The number of carbonyl (C=O) groups excluding carboxylic acids is 1. The summed E-state index contributed by atoms with van der Waals surface area (Å²) in [6.07, 6.45) is 0.685. The summed E-state index contributed by atoms with van der Waals surface area (Å²) < 4.78 is 10.9. The summed E-state index contributed by atoms with van der Waals surface area (Å²) in [5.41, 5.74) is 5.46. The molecule has 2 rings (SSSR count). The van der Waals surface area contributed by atoms with Crippen LogP contribution in [0.1, 0.15) is 10.4 Å². The van der Waals surface area contributed by atoms with Crippen molar-refractivity contribution >= 4 is 17.5 Å². The van der Waals surface area contributed by atoms with E-state index in [0.717, 1.165) is 0 Å². The van der Waals surface area contributed by atoms with E-state index in [2.05, 4.69) is 10.3 Å². The molecule has 1 aromatic heterocycles. The van der Waals surface area contributed by atoms with Crippen LogP contribution in [-0.4, -0.2) is 48.4 Å². The van der Waals surface area contributed by atoms with Crippen molar-refractivity contribution in [3.63, 3.8) is 0 Å². The third-order valence-corrected chi connectivity index (χ3v) is 3.51. The van der Waals surface area contributed by atoms with E-state index in [9.17, 15) is 9.90 Å². The van der Waals surface area contributed by atoms with Gasteiger partial charge < -0.3 is 25.6 Å². The Kier molecular flexibility index (Phi) is 7.46. The zero-order valence-electron chi connectivity index (χ0n) is 13.5. The average Bonchev–Trinajstić information content (AvgIpc) is 2.61. The van der Waals surface area contributed by atoms with Crippen molar-refractivity contribution in [3.8, 4) is 11.6 Å². The Hall–Kier alpha value is -2.35. The molecule has 2 aromatic rings. The number of aliphatic hydroxyl groups excluding tert-OH is 1. The van der Waals surface area contributed by atoms with E-state index in [-0.39, 0.29) is 6.61 Å². The number of halogens is 1. The maximum Gasteiger partial charge on any atom is 0.250 e. The number of nitrogens with zero attached hydrogens (tertiary/aromatic N) is 1. The number of nitrogens with one attached hydrogen (secondary N) is 1. The van der Waals surface area contributed by atoms with Crippen molar-refractivity contribution in [1.82, 2.24) is 10.3 Å². The lowest BCUT2D eigenvalue weighted by atomic mass is 10.3. The zero-order chi connectivity index (χ0) is 18.1. The number of aromatic nitrogens is 1. The second-order valence-corrected chi connectivity index (χ2v) is 5.60. The van der Waals surface area contributed by atoms with Gasteiger partial charge >= 0.3 is 0 Å². The molecule has 1 aromatic carbocycles. The lowest BCUT2D eigenvalue weighted by molar-refractivity contribution is 0.1000. The molecule has 0 aliphatic heterocycles. The maximum atomic E-state index is 10.9. The van der Waals surface area contributed by atoms with Gasteiger partial charge in [-0.3, -0.25) is 4.79 Å². The summed E-state index contributed by atoms with van der Waals surface area (Å²) in [4.78, 5) is 14.9. The molecule has 8 heteroatoms. The molecule has 0 saturated heterocycles. The highest BCUT2D eigenvalue weighted by atomic mass is 35.5. The van der Waals surface area contributed by atoms with Crippen LogP contribution in [0.5, 0.6) is 11.6 Å². The molecule has 0 spiro atoms. The van der Waals surface area contributed by atoms with Gasteiger partial charge in [-0.2, -0.15) is 0 Å². The summed E-state index contributed by atoms with van der Waals surface area (Å²) in [5, 5.41) is 13.4. The van der Waals surface area contributed by atoms with Crippen molar-refractivity contribution < 1.29 is 19.4 Å². The Labute approximate surface area is 150 Å². The summed E-state index contributed by atoms with van der Waals surface area (Å²) >= 11 is 5.97. The number of benzene rings is 1. The molecule has 0 saturated carbocycles. The number of hydrogen-bond donors (Lipinski definition) is 3. The molecular formula is C17H20ClN3O4. The van der Waals surface area contributed by atoms with Gasteiger partial charge in [0.25, 0.3) is 0 Å². The number of hydrogen-bond acceptors (Lipinski definition) is 6. The Morgan fingerprint density at radius 1 is 1.28 bits per heavy atom. The van der Waals surface area contributed by atoms with Crippen LogP contribution >= 0.6 is 11.6 Å². The monoisotopic (exact) mass is 365 g/mol. The third kappa shape index (κ3) is 6.58. The molecular weight excluding hydrogens is 346 g/mol. The molecule has 7 nitrogen and oxygen atoms in total. The quantitative estimate of drug-likeness (QED) is 0.547. The molecule has 4 N–H and O–H groups in total. The van der Waals surface area contributed by atoms with Gasteiger partial charge in [0, 0.05) is 25.4 Å². The molecule has 0 bridgehead atoms. The molecule has 0 aliphatic rings. The Morgan fingerprint density at radius 3 is 2.76 bits per heavy atom. The average molecular weight is 366 g/mol. The summed E-state index contributed by atoms with van der Waals surface area (Å²) in [6, 6.07) is 10.2. The first-order valence-corrected chi connectivity index (χ1v) is 8.09.